The van der Waals surface area contributed by atoms with Crippen LogP contribution in [0.5, 0.6) is 0 Å². The van der Waals surface area contributed by atoms with Crippen molar-refractivity contribution in [1.82, 2.24) is 9.71 Å². The zero-order valence-electron chi connectivity index (χ0n) is 11.0. The molecular weight excluding hydrogens is 279 g/mol. The number of nitrogens with one attached hydrogen (secondary N) is 1. The summed E-state index contributed by atoms with van der Waals surface area (Å²) in [5.41, 5.74) is 1.98. The highest BCUT2D eigenvalue weighted by Gasteiger charge is 2.19. The zero-order chi connectivity index (χ0) is 14.6. The maximum absolute atomic E-state index is 13.4. The average molecular weight is 294 g/mol. The van der Waals surface area contributed by atoms with Gasteiger partial charge in [0.1, 0.15) is 0 Å². The monoisotopic (exact) mass is 294 g/mol. The van der Waals surface area contributed by atoms with Gasteiger partial charge in [0.2, 0.25) is 5.03 Å². The second-order valence-corrected chi connectivity index (χ2v) is 5.97. The summed E-state index contributed by atoms with van der Waals surface area (Å²) in [7, 11) is -3.94. The Bertz CT molecular complexity index is 685. The van der Waals surface area contributed by atoms with Crippen molar-refractivity contribution < 1.29 is 12.8 Å². The average Bonchev–Trinajstić information content (AvgIpc) is 2.46. The lowest BCUT2D eigenvalue weighted by molar-refractivity contribution is 0.544. The van der Waals surface area contributed by atoms with Crippen LogP contribution in [0.3, 0.4) is 0 Å². The molecule has 0 spiro atoms. The Morgan fingerprint density at radius 3 is 2.40 bits per heavy atom. The van der Waals surface area contributed by atoms with Gasteiger partial charge in [0.15, 0.2) is 5.82 Å². The van der Waals surface area contributed by atoms with E-state index in [4.69, 9.17) is 0 Å². The van der Waals surface area contributed by atoms with Gasteiger partial charge in [0.25, 0.3) is 10.0 Å². The minimum absolute atomic E-state index is 0.0995. The van der Waals surface area contributed by atoms with Gasteiger partial charge in [-0.3, -0.25) is 0 Å². The summed E-state index contributed by atoms with van der Waals surface area (Å²) in [5, 5.41) is -0.579. The molecule has 0 atom stereocenters. The number of benzene rings is 1. The lowest BCUT2D eigenvalue weighted by Gasteiger charge is -2.07. The van der Waals surface area contributed by atoms with E-state index in [2.05, 4.69) is 9.71 Å². The smallest absolute Gasteiger partial charge is 0.241 e. The van der Waals surface area contributed by atoms with Crippen molar-refractivity contribution in [3.05, 3.63) is 59.5 Å². The van der Waals surface area contributed by atoms with Crippen molar-refractivity contribution in [1.29, 1.82) is 0 Å². The minimum atomic E-state index is -3.94. The fourth-order valence-corrected chi connectivity index (χ4v) is 2.73. The summed E-state index contributed by atoms with van der Waals surface area (Å²) in [6, 6.07) is 9.97. The molecule has 0 aliphatic rings. The molecule has 6 heteroatoms. The Morgan fingerprint density at radius 2 is 1.80 bits per heavy atom. The molecule has 0 amide bonds. The first-order valence-corrected chi connectivity index (χ1v) is 7.69. The van der Waals surface area contributed by atoms with E-state index in [-0.39, 0.29) is 6.54 Å². The van der Waals surface area contributed by atoms with Gasteiger partial charge in [-0.25, -0.2) is 22.5 Å². The largest absolute Gasteiger partial charge is 0.261 e. The van der Waals surface area contributed by atoms with E-state index in [0.29, 0.717) is 0 Å². The Labute approximate surface area is 117 Å². The number of hydrogen-bond acceptors (Lipinski definition) is 3. The highest BCUT2D eigenvalue weighted by Crippen LogP contribution is 2.11. The second kappa shape index (κ2) is 6.11. The zero-order valence-corrected chi connectivity index (χ0v) is 11.8. The molecule has 1 aromatic heterocycles. The molecular formula is C14H15FN2O2S. The summed E-state index contributed by atoms with van der Waals surface area (Å²) in [6.07, 6.45) is 2.17. The molecule has 1 heterocycles. The number of nitrogens with zero attached hydrogens (tertiary/aromatic N) is 1. The number of halogens is 1. The summed E-state index contributed by atoms with van der Waals surface area (Å²) in [6.45, 7) is 2.14. The summed E-state index contributed by atoms with van der Waals surface area (Å²) >= 11 is 0. The molecule has 0 aliphatic heterocycles. The highest BCUT2D eigenvalue weighted by molar-refractivity contribution is 7.89. The van der Waals surface area contributed by atoms with Gasteiger partial charge in [0.05, 0.1) is 0 Å². The number of sulfonamides is 1. The van der Waals surface area contributed by atoms with Gasteiger partial charge in [-0.1, -0.05) is 31.2 Å². The van der Waals surface area contributed by atoms with E-state index in [0.717, 1.165) is 18.1 Å². The summed E-state index contributed by atoms with van der Waals surface area (Å²) in [4.78, 5) is 3.56. The topological polar surface area (TPSA) is 59.1 Å². The molecule has 0 fully saturated rings. The molecule has 2 aromatic rings. The third-order valence-corrected chi connectivity index (χ3v) is 4.21. The first kappa shape index (κ1) is 14.6. The van der Waals surface area contributed by atoms with E-state index >= 15 is 0 Å². The predicted molar refractivity (Wildman–Crippen MR) is 74.0 cm³/mol. The second-order valence-electron chi connectivity index (χ2n) is 4.28. The van der Waals surface area contributed by atoms with Crippen molar-refractivity contribution in [3.63, 3.8) is 0 Å². The predicted octanol–water partition coefficient (Wildman–Crippen LogP) is 2.26. The third kappa shape index (κ3) is 3.40. The van der Waals surface area contributed by atoms with E-state index < -0.39 is 20.9 Å². The molecule has 0 saturated carbocycles. The normalized spacial score (nSPS) is 11.5. The fourth-order valence-electron chi connectivity index (χ4n) is 1.71. The maximum Gasteiger partial charge on any atom is 0.261 e. The lowest BCUT2D eigenvalue weighted by atomic mass is 10.1. The summed E-state index contributed by atoms with van der Waals surface area (Å²) in [5.74, 6) is -0.860. The van der Waals surface area contributed by atoms with Crippen LogP contribution in [0.25, 0.3) is 0 Å². The van der Waals surface area contributed by atoms with Crippen molar-refractivity contribution >= 4 is 10.0 Å². The van der Waals surface area contributed by atoms with Crippen LogP contribution in [0.1, 0.15) is 18.1 Å². The maximum atomic E-state index is 13.4. The molecule has 0 radical (unpaired) electrons. The first-order chi connectivity index (χ1) is 9.53. The number of aromatic nitrogens is 1. The number of hydrogen-bond donors (Lipinski definition) is 1. The van der Waals surface area contributed by atoms with Crippen molar-refractivity contribution in [2.45, 2.75) is 24.9 Å². The molecule has 0 unspecified atom stereocenters. The molecule has 1 aromatic carbocycles. The van der Waals surface area contributed by atoms with Crippen molar-refractivity contribution in [2.24, 2.45) is 0 Å². The number of aryl methyl sites for hydroxylation is 1. The molecule has 20 heavy (non-hydrogen) atoms. The van der Waals surface area contributed by atoms with Crippen LogP contribution in [0.15, 0.2) is 47.6 Å². The fraction of sp³-hybridized carbons (Fsp3) is 0.214. The van der Waals surface area contributed by atoms with Gasteiger partial charge in [0, 0.05) is 12.7 Å². The quantitative estimate of drug-likeness (QED) is 0.920. The van der Waals surface area contributed by atoms with Crippen LogP contribution < -0.4 is 4.72 Å². The van der Waals surface area contributed by atoms with Crippen LogP contribution in [0, 0.1) is 5.82 Å². The van der Waals surface area contributed by atoms with Gasteiger partial charge >= 0.3 is 0 Å². The van der Waals surface area contributed by atoms with E-state index in [1.54, 1.807) is 0 Å². The van der Waals surface area contributed by atoms with Crippen LogP contribution in [0.2, 0.25) is 0 Å². The standard InChI is InChI=1S/C14H15FN2O2S/c1-2-11-5-7-12(8-6-11)10-17-20(18,19)14-13(15)4-3-9-16-14/h3-9,17H,2,10H2,1H3. The van der Waals surface area contributed by atoms with Crippen molar-refractivity contribution in [3.8, 4) is 0 Å². The van der Waals surface area contributed by atoms with Gasteiger partial charge < -0.3 is 0 Å². The molecule has 4 nitrogen and oxygen atoms in total. The highest BCUT2D eigenvalue weighted by atomic mass is 32.2. The molecule has 0 bridgehead atoms. The Hall–Kier alpha value is -1.79. The third-order valence-electron chi connectivity index (χ3n) is 2.88. The molecule has 0 aliphatic carbocycles. The van der Waals surface area contributed by atoms with Gasteiger partial charge in [-0.2, -0.15) is 0 Å². The van der Waals surface area contributed by atoms with Crippen LogP contribution in [-0.4, -0.2) is 13.4 Å². The van der Waals surface area contributed by atoms with Gasteiger partial charge in [-0.15, -0.1) is 0 Å². The molecule has 1 N–H and O–H groups in total. The number of pyridine rings is 1. The van der Waals surface area contributed by atoms with Gasteiger partial charge in [-0.05, 0) is 29.7 Å². The van der Waals surface area contributed by atoms with E-state index in [9.17, 15) is 12.8 Å². The lowest BCUT2D eigenvalue weighted by Crippen LogP contribution is -2.25. The molecule has 106 valence electrons. The van der Waals surface area contributed by atoms with E-state index in [1.807, 2.05) is 31.2 Å². The van der Waals surface area contributed by atoms with Crippen LogP contribution in [0.4, 0.5) is 4.39 Å². The molecule has 2 rings (SSSR count). The minimum Gasteiger partial charge on any atom is -0.241 e. The van der Waals surface area contributed by atoms with Crippen LogP contribution in [-0.2, 0) is 23.0 Å². The number of rotatable bonds is 5. The van der Waals surface area contributed by atoms with Crippen molar-refractivity contribution in [2.75, 3.05) is 0 Å². The molecule has 0 saturated heterocycles. The Morgan fingerprint density at radius 1 is 1.15 bits per heavy atom. The summed E-state index contributed by atoms with van der Waals surface area (Å²) < 4.78 is 39.6. The van der Waals surface area contributed by atoms with Crippen LogP contribution >= 0.6 is 0 Å². The Kier molecular flexibility index (Phi) is 4.46. The van der Waals surface area contributed by atoms with E-state index in [1.165, 1.54) is 17.8 Å². The first-order valence-electron chi connectivity index (χ1n) is 6.21. The Balaban J connectivity index is 2.11. The SMILES string of the molecule is CCc1ccc(CNS(=O)(=O)c2ncccc2F)cc1.